The van der Waals surface area contributed by atoms with Gasteiger partial charge in [-0.15, -0.1) is 11.3 Å². The molecule has 1 atom stereocenters. The van der Waals surface area contributed by atoms with Gasteiger partial charge in [0.25, 0.3) is 11.8 Å². The third kappa shape index (κ3) is 5.48. The normalized spacial score (nSPS) is 14.9. The number of carbonyl (C=O) groups excluding carboxylic acids is 2. The second-order valence-electron chi connectivity index (χ2n) is 9.06. The third-order valence-electron chi connectivity index (χ3n) is 6.62. The Morgan fingerprint density at radius 3 is 2.72 bits per heavy atom. The van der Waals surface area contributed by atoms with Crippen LogP contribution in [0.5, 0.6) is 0 Å². The Balaban J connectivity index is 1.29. The molecule has 1 aliphatic heterocycles. The average molecular weight is 500 g/mol. The molecule has 0 radical (unpaired) electrons. The lowest BCUT2D eigenvalue weighted by Crippen LogP contribution is -2.38. The molecule has 3 heterocycles. The molecule has 1 unspecified atom stereocenters. The molecule has 0 bridgehead atoms. The number of hydrogen-bond donors (Lipinski definition) is 2. The van der Waals surface area contributed by atoms with Crippen molar-refractivity contribution in [2.24, 2.45) is 0 Å². The van der Waals surface area contributed by atoms with E-state index in [1.54, 1.807) is 12.4 Å². The highest BCUT2D eigenvalue weighted by Crippen LogP contribution is 2.29. The van der Waals surface area contributed by atoms with Gasteiger partial charge in [0.05, 0.1) is 10.9 Å². The summed E-state index contributed by atoms with van der Waals surface area (Å²) >= 11 is 1.45. The Labute approximate surface area is 214 Å². The van der Waals surface area contributed by atoms with Crippen LogP contribution in [0.3, 0.4) is 0 Å². The largest absolute Gasteiger partial charge is 0.381 e. The number of fused-ring (bicyclic) bond motifs is 1. The zero-order valence-corrected chi connectivity index (χ0v) is 21.0. The molecule has 5 rings (SSSR count). The lowest BCUT2D eigenvalue weighted by Gasteiger charge is -2.22. The van der Waals surface area contributed by atoms with Crippen molar-refractivity contribution >= 4 is 33.9 Å². The molecule has 4 aromatic rings. The molecule has 2 amide bonds. The Morgan fingerprint density at radius 1 is 1.03 bits per heavy atom. The van der Waals surface area contributed by atoms with Gasteiger partial charge in [-0.3, -0.25) is 14.6 Å². The zero-order valence-electron chi connectivity index (χ0n) is 20.2. The van der Waals surface area contributed by atoms with Gasteiger partial charge in [0, 0.05) is 42.6 Å². The molecule has 1 fully saturated rings. The van der Waals surface area contributed by atoms with E-state index in [2.05, 4.69) is 28.6 Å². The third-order valence-corrected chi connectivity index (χ3v) is 7.55. The maximum absolute atomic E-state index is 13.1. The molecule has 2 aromatic heterocycles. The van der Waals surface area contributed by atoms with E-state index >= 15 is 0 Å². The predicted octanol–water partition coefficient (Wildman–Crippen LogP) is 5.75. The molecule has 7 heteroatoms. The number of hydrogen-bond acceptors (Lipinski definition) is 5. The number of pyridine rings is 1. The van der Waals surface area contributed by atoms with Gasteiger partial charge < -0.3 is 15.4 Å². The van der Waals surface area contributed by atoms with E-state index in [9.17, 15) is 9.59 Å². The quantitative estimate of drug-likeness (QED) is 0.339. The molecule has 0 aliphatic carbocycles. The van der Waals surface area contributed by atoms with Gasteiger partial charge in [0.1, 0.15) is 0 Å². The number of benzene rings is 2. The van der Waals surface area contributed by atoms with Crippen LogP contribution >= 0.6 is 11.3 Å². The maximum Gasteiger partial charge on any atom is 0.261 e. The highest BCUT2D eigenvalue weighted by Gasteiger charge is 2.19. The van der Waals surface area contributed by atoms with E-state index in [1.165, 1.54) is 11.3 Å². The van der Waals surface area contributed by atoms with E-state index in [-0.39, 0.29) is 23.9 Å². The minimum Gasteiger partial charge on any atom is -0.381 e. The Bertz CT molecular complexity index is 1380. The van der Waals surface area contributed by atoms with Crippen LogP contribution in [-0.2, 0) is 4.74 Å². The van der Waals surface area contributed by atoms with E-state index in [0.717, 1.165) is 46.7 Å². The number of ether oxygens (including phenoxy) is 1. The molecule has 1 saturated heterocycles. The van der Waals surface area contributed by atoms with Crippen LogP contribution in [0.15, 0.2) is 72.4 Å². The molecule has 0 saturated carbocycles. The smallest absolute Gasteiger partial charge is 0.261 e. The van der Waals surface area contributed by atoms with E-state index in [4.69, 9.17) is 4.74 Å². The van der Waals surface area contributed by atoms with Crippen molar-refractivity contribution in [3.63, 3.8) is 0 Å². The summed E-state index contributed by atoms with van der Waals surface area (Å²) in [6, 6.07) is 17.7. The second kappa shape index (κ2) is 11.0. The monoisotopic (exact) mass is 499 g/mol. The lowest BCUT2D eigenvalue weighted by atomic mass is 9.98. The van der Waals surface area contributed by atoms with Crippen LogP contribution in [0.25, 0.3) is 21.9 Å². The van der Waals surface area contributed by atoms with Gasteiger partial charge in [-0.2, -0.15) is 0 Å². The van der Waals surface area contributed by atoms with E-state index in [1.807, 2.05) is 53.9 Å². The highest BCUT2D eigenvalue weighted by molar-refractivity contribution is 7.12. The van der Waals surface area contributed by atoms with Crippen molar-refractivity contribution in [3.05, 3.63) is 88.4 Å². The van der Waals surface area contributed by atoms with Crippen LogP contribution < -0.4 is 10.6 Å². The number of nitrogens with one attached hydrogen (secondary N) is 2. The zero-order chi connectivity index (χ0) is 24.9. The van der Waals surface area contributed by atoms with Crippen LogP contribution in [-0.4, -0.2) is 36.1 Å². The van der Waals surface area contributed by atoms with Crippen LogP contribution in [0.2, 0.25) is 0 Å². The minimum absolute atomic E-state index is 0.0285. The number of nitrogens with zero attached hydrogens (tertiary/aromatic N) is 1. The first-order valence-corrected chi connectivity index (χ1v) is 13.2. The summed E-state index contributed by atoms with van der Waals surface area (Å²) in [5.74, 6) is -0.132. The van der Waals surface area contributed by atoms with Crippen molar-refractivity contribution in [3.8, 4) is 11.1 Å². The number of amides is 2. The maximum atomic E-state index is 13.1. The van der Waals surface area contributed by atoms with Gasteiger partial charge >= 0.3 is 0 Å². The summed E-state index contributed by atoms with van der Waals surface area (Å²) in [5.41, 5.74) is 3.69. The van der Waals surface area contributed by atoms with Crippen molar-refractivity contribution in [2.45, 2.75) is 38.3 Å². The summed E-state index contributed by atoms with van der Waals surface area (Å²) < 4.78 is 5.38. The second-order valence-corrected chi connectivity index (χ2v) is 9.97. The first kappa shape index (κ1) is 24.2. The number of thiophene rings is 1. The molecule has 0 spiro atoms. The molecular weight excluding hydrogens is 470 g/mol. The summed E-state index contributed by atoms with van der Waals surface area (Å²) in [6.07, 6.45) is 5.99. The average Bonchev–Trinajstić information content (AvgIpc) is 3.43. The van der Waals surface area contributed by atoms with Gasteiger partial charge in [0.15, 0.2) is 0 Å². The number of aromatic nitrogens is 1. The summed E-state index contributed by atoms with van der Waals surface area (Å²) in [5, 5.41) is 10.3. The first-order valence-electron chi connectivity index (χ1n) is 12.3. The fraction of sp³-hybridized carbons (Fsp3) is 0.276. The van der Waals surface area contributed by atoms with Gasteiger partial charge in [-0.05, 0) is 77.1 Å². The molecule has 1 aliphatic rings. The Kier molecular flexibility index (Phi) is 7.39. The highest BCUT2D eigenvalue weighted by atomic mass is 32.1. The lowest BCUT2D eigenvalue weighted by molar-refractivity contribution is 0.0698. The fourth-order valence-corrected chi connectivity index (χ4v) is 5.35. The van der Waals surface area contributed by atoms with Crippen LogP contribution in [0.4, 0.5) is 0 Å². The van der Waals surface area contributed by atoms with E-state index in [0.29, 0.717) is 23.7 Å². The molecular formula is C29H29N3O3S. The van der Waals surface area contributed by atoms with Crippen LogP contribution in [0.1, 0.15) is 57.8 Å². The molecule has 2 aromatic carbocycles. The fourth-order valence-electron chi connectivity index (χ4n) is 4.53. The Hall–Kier alpha value is -3.55. The number of rotatable bonds is 7. The molecule has 2 N–H and O–H groups in total. The topological polar surface area (TPSA) is 80.3 Å². The van der Waals surface area contributed by atoms with Crippen molar-refractivity contribution in [1.29, 1.82) is 0 Å². The molecule has 184 valence electrons. The summed E-state index contributed by atoms with van der Waals surface area (Å²) in [7, 11) is 0. The summed E-state index contributed by atoms with van der Waals surface area (Å²) in [4.78, 5) is 30.6. The number of carbonyl (C=O) groups is 2. The summed E-state index contributed by atoms with van der Waals surface area (Å²) in [6.45, 7) is 3.45. The molecule has 6 nitrogen and oxygen atoms in total. The van der Waals surface area contributed by atoms with E-state index < -0.39 is 0 Å². The van der Waals surface area contributed by atoms with Crippen molar-refractivity contribution < 1.29 is 14.3 Å². The first-order chi connectivity index (χ1) is 17.6. The van der Waals surface area contributed by atoms with Crippen molar-refractivity contribution in [2.75, 3.05) is 13.2 Å². The predicted molar refractivity (Wildman–Crippen MR) is 143 cm³/mol. The SMILES string of the molecule is CCC(NC(=O)c1ccc2cnccc2c1)c1cccc(-c2csc(C(=O)NC3CCOCC3)c2)c1. The van der Waals surface area contributed by atoms with Crippen LogP contribution in [0, 0.1) is 0 Å². The molecule has 36 heavy (non-hydrogen) atoms. The minimum atomic E-state index is -0.125. The van der Waals surface area contributed by atoms with Gasteiger partial charge in [-0.1, -0.05) is 31.2 Å². The van der Waals surface area contributed by atoms with Gasteiger partial charge in [-0.25, -0.2) is 0 Å². The van der Waals surface area contributed by atoms with Gasteiger partial charge in [0.2, 0.25) is 0 Å². The van der Waals surface area contributed by atoms with Crippen molar-refractivity contribution in [1.82, 2.24) is 15.6 Å². The Morgan fingerprint density at radius 2 is 1.89 bits per heavy atom. The standard InChI is InChI=1S/C29H29N3O3S/c1-2-26(32-28(33)22-6-7-23-17-30-11-8-20(23)15-22)21-5-3-4-19(14-21)24-16-27(36-18-24)29(34)31-25-9-12-35-13-10-25/h3-8,11,14-18,25-26H,2,9-10,12-13H2,1H3,(H,31,34)(H,32,33).